The van der Waals surface area contributed by atoms with Gasteiger partial charge in [0.1, 0.15) is 11.6 Å². The fourth-order valence-corrected chi connectivity index (χ4v) is 2.43. The van der Waals surface area contributed by atoms with Crippen molar-refractivity contribution in [1.29, 1.82) is 0 Å². The molecular weight excluding hydrogens is 270 g/mol. The zero-order chi connectivity index (χ0) is 14.8. The van der Waals surface area contributed by atoms with Crippen molar-refractivity contribution in [3.05, 3.63) is 47.9 Å². The van der Waals surface area contributed by atoms with Crippen LogP contribution in [0.2, 0.25) is 0 Å². The van der Waals surface area contributed by atoms with Gasteiger partial charge in [-0.1, -0.05) is 18.2 Å². The molecule has 1 aliphatic rings. The maximum atomic E-state index is 10.8. The second-order valence-electron chi connectivity index (χ2n) is 4.99. The molecule has 0 saturated heterocycles. The molecule has 2 N–H and O–H groups in total. The molecule has 1 aromatic heterocycles. The van der Waals surface area contributed by atoms with Gasteiger partial charge in [0.25, 0.3) is 0 Å². The predicted octanol–water partition coefficient (Wildman–Crippen LogP) is 2.50. The molecule has 2 aromatic rings. The van der Waals surface area contributed by atoms with Gasteiger partial charge in [0, 0.05) is 12.0 Å². The molecule has 6 nitrogen and oxygen atoms in total. The molecule has 3 rings (SSSR count). The average Bonchev–Trinajstić information content (AvgIpc) is 2.47. The van der Waals surface area contributed by atoms with Gasteiger partial charge in [-0.05, 0) is 13.0 Å². The van der Waals surface area contributed by atoms with E-state index >= 15 is 0 Å². The lowest BCUT2D eigenvalue weighted by Crippen LogP contribution is -2.27. The summed E-state index contributed by atoms with van der Waals surface area (Å²) in [5.41, 5.74) is 1.00. The third kappa shape index (κ3) is 2.79. The number of fused-ring (bicyclic) bond motifs is 1. The molecule has 0 unspecified atom stereocenters. The molecule has 0 saturated carbocycles. The summed E-state index contributed by atoms with van der Waals surface area (Å²) in [6.45, 7) is 2.02. The Kier molecular flexibility index (Phi) is 3.43. The van der Waals surface area contributed by atoms with Crippen LogP contribution in [0.15, 0.2) is 36.7 Å². The van der Waals surface area contributed by atoms with Gasteiger partial charge in [0.2, 0.25) is 0 Å². The average molecular weight is 285 g/mol. The number of carbonyl (C=O) groups is 1. The third-order valence-corrected chi connectivity index (χ3v) is 3.38. The Morgan fingerprint density at radius 1 is 1.33 bits per heavy atom. The van der Waals surface area contributed by atoms with Gasteiger partial charge in [-0.15, -0.1) is 0 Å². The van der Waals surface area contributed by atoms with E-state index in [1.807, 2.05) is 31.2 Å². The first-order valence-electron chi connectivity index (χ1n) is 6.71. The second-order valence-corrected chi connectivity index (χ2v) is 4.99. The molecule has 21 heavy (non-hydrogen) atoms. The fourth-order valence-electron chi connectivity index (χ4n) is 2.43. The summed E-state index contributed by atoms with van der Waals surface area (Å²) < 4.78 is 5.80. The quantitative estimate of drug-likeness (QED) is 0.901. The molecule has 1 aliphatic heterocycles. The smallest absolute Gasteiger partial charge is 0.356 e. The molecule has 0 fully saturated rings. The van der Waals surface area contributed by atoms with Crippen LogP contribution < -0.4 is 10.1 Å². The van der Waals surface area contributed by atoms with E-state index in [2.05, 4.69) is 15.3 Å². The van der Waals surface area contributed by atoms with Gasteiger partial charge < -0.3 is 15.2 Å². The summed E-state index contributed by atoms with van der Waals surface area (Å²) >= 11 is 0. The highest BCUT2D eigenvalue weighted by atomic mass is 16.5. The van der Waals surface area contributed by atoms with Crippen LogP contribution in [-0.2, 0) is 0 Å². The van der Waals surface area contributed by atoms with E-state index in [0.29, 0.717) is 5.82 Å². The molecule has 0 aliphatic carbocycles. The van der Waals surface area contributed by atoms with E-state index in [-0.39, 0.29) is 17.8 Å². The molecule has 108 valence electrons. The predicted molar refractivity (Wildman–Crippen MR) is 76.5 cm³/mol. The largest absolute Gasteiger partial charge is 0.490 e. The van der Waals surface area contributed by atoms with Crippen LogP contribution in [0.1, 0.15) is 35.4 Å². The number of nitrogens with zero attached hydrogens (tertiary/aromatic N) is 2. The molecular formula is C15H15N3O3. The van der Waals surface area contributed by atoms with E-state index in [1.165, 1.54) is 12.4 Å². The summed E-state index contributed by atoms with van der Waals surface area (Å²) in [6.07, 6.45) is 3.59. The lowest BCUT2D eigenvalue weighted by Gasteiger charge is -2.31. The summed E-state index contributed by atoms with van der Waals surface area (Å²) in [5.74, 6) is 0.330. The van der Waals surface area contributed by atoms with E-state index in [1.54, 1.807) is 0 Å². The van der Waals surface area contributed by atoms with Crippen LogP contribution >= 0.6 is 0 Å². The number of carboxylic acid groups (broad SMARTS) is 1. The van der Waals surface area contributed by atoms with Gasteiger partial charge in [-0.25, -0.2) is 14.8 Å². The Labute approximate surface area is 121 Å². The number of aromatic carboxylic acids is 1. The van der Waals surface area contributed by atoms with Gasteiger partial charge in [0.05, 0.1) is 24.5 Å². The van der Waals surface area contributed by atoms with Crippen LogP contribution in [0.3, 0.4) is 0 Å². The van der Waals surface area contributed by atoms with Crippen molar-refractivity contribution in [2.45, 2.75) is 25.5 Å². The van der Waals surface area contributed by atoms with Crippen molar-refractivity contribution in [2.24, 2.45) is 0 Å². The zero-order valence-electron chi connectivity index (χ0n) is 11.5. The highest BCUT2D eigenvalue weighted by Crippen LogP contribution is 2.36. The summed E-state index contributed by atoms with van der Waals surface area (Å²) in [7, 11) is 0. The van der Waals surface area contributed by atoms with Crippen LogP contribution in [0.4, 0.5) is 5.82 Å². The molecule has 2 atom stereocenters. The Morgan fingerprint density at radius 3 is 2.86 bits per heavy atom. The van der Waals surface area contributed by atoms with Crippen LogP contribution in [0.25, 0.3) is 0 Å². The van der Waals surface area contributed by atoms with E-state index in [0.717, 1.165) is 17.7 Å². The number of para-hydroxylation sites is 1. The van der Waals surface area contributed by atoms with Crippen LogP contribution in [-0.4, -0.2) is 27.1 Å². The Balaban J connectivity index is 1.83. The van der Waals surface area contributed by atoms with Crippen molar-refractivity contribution < 1.29 is 14.6 Å². The first-order valence-corrected chi connectivity index (χ1v) is 6.71. The van der Waals surface area contributed by atoms with E-state index in [4.69, 9.17) is 9.84 Å². The highest BCUT2D eigenvalue weighted by molar-refractivity contribution is 5.84. The first-order chi connectivity index (χ1) is 10.1. The number of hydrogen-bond acceptors (Lipinski definition) is 5. The fraction of sp³-hybridized carbons (Fsp3) is 0.267. The lowest BCUT2D eigenvalue weighted by atomic mass is 9.97. The number of carboxylic acids is 1. The summed E-state index contributed by atoms with van der Waals surface area (Å²) in [5, 5.41) is 12.1. The lowest BCUT2D eigenvalue weighted by molar-refractivity contribution is 0.0690. The van der Waals surface area contributed by atoms with Crippen LogP contribution in [0, 0.1) is 0 Å². The third-order valence-electron chi connectivity index (χ3n) is 3.38. The zero-order valence-corrected chi connectivity index (χ0v) is 11.5. The van der Waals surface area contributed by atoms with Crippen molar-refractivity contribution >= 4 is 11.8 Å². The monoisotopic (exact) mass is 285 g/mol. The van der Waals surface area contributed by atoms with Crippen LogP contribution in [0.5, 0.6) is 5.75 Å². The molecule has 6 heteroatoms. The topological polar surface area (TPSA) is 84.3 Å². The normalized spacial score (nSPS) is 20.2. The van der Waals surface area contributed by atoms with Gasteiger partial charge >= 0.3 is 5.97 Å². The minimum absolute atomic E-state index is 0.0647. The molecule has 0 bridgehead atoms. The standard InChI is InChI=1S/C15H15N3O3/c1-9-6-11(10-4-2-3-5-13(10)21-9)18-14-8-16-12(7-17-14)15(19)20/h2-5,7-9,11H,6H2,1H3,(H,17,18)(H,19,20)/t9-,11-/m1/s1. The molecule has 0 radical (unpaired) electrons. The van der Waals surface area contributed by atoms with Crippen molar-refractivity contribution in [1.82, 2.24) is 9.97 Å². The minimum atomic E-state index is -1.08. The van der Waals surface area contributed by atoms with Gasteiger partial charge in [0.15, 0.2) is 5.69 Å². The number of hydrogen-bond donors (Lipinski definition) is 2. The molecule has 0 amide bonds. The number of benzene rings is 1. The van der Waals surface area contributed by atoms with Gasteiger partial charge in [-0.2, -0.15) is 0 Å². The first kappa shape index (κ1) is 13.4. The number of rotatable bonds is 3. The van der Waals surface area contributed by atoms with E-state index < -0.39 is 5.97 Å². The summed E-state index contributed by atoms with van der Waals surface area (Å²) in [6, 6.07) is 7.92. The van der Waals surface area contributed by atoms with Crippen molar-refractivity contribution in [3.63, 3.8) is 0 Å². The summed E-state index contributed by atoms with van der Waals surface area (Å²) in [4.78, 5) is 18.7. The molecule has 0 spiro atoms. The maximum Gasteiger partial charge on any atom is 0.356 e. The number of ether oxygens (including phenoxy) is 1. The van der Waals surface area contributed by atoms with Crippen molar-refractivity contribution in [3.8, 4) is 5.75 Å². The number of nitrogens with one attached hydrogen (secondary N) is 1. The Morgan fingerprint density at radius 2 is 2.14 bits per heavy atom. The van der Waals surface area contributed by atoms with Gasteiger partial charge in [-0.3, -0.25) is 0 Å². The number of aromatic nitrogens is 2. The van der Waals surface area contributed by atoms with Crippen molar-refractivity contribution in [2.75, 3.05) is 5.32 Å². The maximum absolute atomic E-state index is 10.8. The second kappa shape index (κ2) is 5.40. The Hall–Kier alpha value is -2.63. The molecule has 1 aromatic carbocycles. The molecule has 2 heterocycles. The van der Waals surface area contributed by atoms with E-state index in [9.17, 15) is 4.79 Å². The Bertz CT molecular complexity index is 657. The highest BCUT2D eigenvalue weighted by Gasteiger charge is 2.25. The SMILES string of the molecule is C[C@@H]1C[C@@H](Nc2cnc(C(=O)O)cn2)c2ccccc2O1. The minimum Gasteiger partial charge on any atom is -0.490 e. The number of anilines is 1.